The second-order valence-corrected chi connectivity index (χ2v) is 8.04. The van der Waals surface area contributed by atoms with Crippen LogP contribution in [0.4, 0.5) is 0 Å². The highest BCUT2D eigenvalue weighted by molar-refractivity contribution is 7.21. The van der Waals surface area contributed by atoms with Gasteiger partial charge in [0.25, 0.3) is 5.91 Å². The molecule has 8 heteroatoms. The van der Waals surface area contributed by atoms with Gasteiger partial charge in [0.15, 0.2) is 0 Å². The Morgan fingerprint density at radius 1 is 1.19 bits per heavy atom. The maximum absolute atomic E-state index is 12.4. The van der Waals surface area contributed by atoms with Gasteiger partial charge in [-0.25, -0.2) is 4.79 Å². The van der Waals surface area contributed by atoms with Crippen molar-refractivity contribution in [3.8, 4) is 0 Å². The Morgan fingerprint density at radius 3 is 2.56 bits per heavy atom. The number of esters is 1. The zero-order valence-electron chi connectivity index (χ0n) is 15.0. The summed E-state index contributed by atoms with van der Waals surface area (Å²) >= 11 is 7.57. The van der Waals surface area contributed by atoms with Gasteiger partial charge >= 0.3 is 5.97 Å². The van der Waals surface area contributed by atoms with Crippen LogP contribution in [-0.4, -0.2) is 37.0 Å². The molecule has 0 bridgehead atoms. The minimum absolute atomic E-state index is 0.234. The molecule has 27 heavy (non-hydrogen) atoms. The predicted molar refractivity (Wildman–Crippen MR) is 105 cm³/mol. The number of halogens is 1. The van der Waals surface area contributed by atoms with Crippen molar-refractivity contribution in [3.63, 3.8) is 0 Å². The summed E-state index contributed by atoms with van der Waals surface area (Å²) in [5, 5.41) is 6.55. The lowest BCUT2D eigenvalue weighted by atomic mass is 9.81. The molecule has 0 radical (unpaired) electrons. The summed E-state index contributed by atoms with van der Waals surface area (Å²) in [5.41, 5.74) is -0.996. The number of carbonyl (C=O) groups is 3. The molecule has 2 aromatic rings. The van der Waals surface area contributed by atoms with Crippen LogP contribution >= 0.6 is 22.9 Å². The van der Waals surface area contributed by atoms with Crippen molar-refractivity contribution < 1.29 is 19.1 Å². The molecule has 1 fully saturated rings. The van der Waals surface area contributed by atoms with Crippen molar-refractivity contribution >= 4 is 50.8 Å². The van der Waals surface area contributed by atoms with E-state index in [1.54, 1.807) is 0 Å². The summed E-state index contributed by atoms with van der Waals surface area (Å²) in [7, 11) is 1.32. The standard InChI is InChI=1S/C19H21ClN2O4S/c1-26-18(25)19(9-5-2-6-10-19)22-14(23)11-21-17(24)16-15(20)12-7-3-4-8-13(12)27-16/h3-4,7-8H,2,5-6,9-11H2,1H3,(H,21,24)(H,22,23). The molecular formula is C19H21ClN2O4S. The van der Waals surface area contributed by atoms with E-state index >= 15 is 0 Å². The maximum Gasteiger partial charge on any atom is 0.331 e. The lowest BCUT2D eigenvalue weighted by Gasteiger charge is -2.35. The van der Waals surface area contributed by atoms with Gasteiger partial charge in [-0.3, -0.25) is 9.59 Å². The summed E-state index contributed by atoms with van der Waals surface area (Å²) in [4.78, 5) is 37.4. The van der Waals surface area contributed by atoms with Crippen LogP contribution < -0.4 is 10.6 Å². The van der Waals surface area contributed by atoms with Crippen LogP contribution in [0.2, 0.25) is 5.02 Å². The number of ether oxygens (including phenoxy) is 1. The van der Waals surface area contributed by atoms with Gasteiger partial charge in [-0.15, -0.1) is 11.3 Å². The highest BCUT2D eigenvalue weighted by atomic mass is 35.5. The molecular weight excluding hydrogens is 388 g/mol. The minimum atomic E-state index is -0.996. The molecule has 0 unspecified atom stereocenters. The van der Waals surface area contributed by atoms with Gasteiger partial charge in [-0.05, 0) is 18.9 Å². The molecule has 0 saturated heterocycles. The maximum atomic E-state index is 12.4. The van der Waals surface area contributed by atoms with Crippen molar-refractivity contribution in [2.45, 2.75) is 37.6 Å². The van der Waals surface area contributed by atoms with E-state index in [-0.39, 0.29) is 6.54 Å². The van der Waals surface area contributed by atoms with E-state index in [1.165, 1.54) is 18.4 Å². The van der Waals surface area contributed by atoms with Gasteiger partial charge in [0.2, 0.25) is 5.91 Å². The van der Waals surface area contributed by atoms with E-state index in [0.717, 1.165) is 29.3 Å². The SMILES string of the molecule is COC(=O)C1(NC(=O)CNC(=O)c2sc3ccccc3c2Cl)CCCCC1. The first-order chi connectivity index (χ1) is 13.0. The lowest BCUT2D eigenvalue weighted by molar-refractivity contribution is -0.152. The lowest BCUT2D eigenvalue weighted by Crippen LogP contribution is -2.57. The van der Waals surface area contributed by atoms with Gasteiger partial charge in [0.05, 0.1) is 18.7 Å². The van der Waals surface area contributed by atoms with E-state index in [2.05, 4.69) is 10.6 Å². The minimum Gasteiger partial charge on any atom is -0.467 e. The number of hydrogen-bond donors (Lipinski definition) is 2. The molecule has 0 atom stereocenters. The third-order valence-electron chi connectivity index (χ3n) is 4.81. The number of amides is 2. The molecule has 2 amide bonds. The van der Waals surface area contributed by atoms with E-state index in [1.807, 2.05) is 24.3 Å². The summed E-state index contributed by atoms with van der Waals surface area (Å²) in [5.74, 6) is -1.27. The summed E-state index contributed by atoms with van der Waals surface area (Å²) in [6.07, 6.45) is 3.80. The number of nitrogens with one attached hydrogen (secondary N) is 2. The van der Waals surface area contributed by atoms with Crippen molar-refractivity contribution in [3.05, 3.63) is 34.2 Å². The third-order valence-corrected chi connectivity index (χ3v) is 6.49. The molecule has 1 aliphatic carbocycles. The fourth-order valence-corrected chi connectivity index (χ4v) is 4.88. The van der Waals surface area contributed by atoms with Gasteiger partial charge in [0, 0.05) is 10.1 Å². The molecule has 1 aromatic heterocycles. The molecule has 0 spiro atoms. The molecule has 3 rings (SSSR count). The first kappa shape index (κ1) is 19.6. The topological polar surface area (TPSA) is 84.5 Å². The molecule has 2 N–H and O–H groups in total. The number of thiophene rings is 1. The highest BCUT2D eigenvalue weighted by Gasteiger charge is 2.41. The van der Waals surface area contributed by atoms with Crippen molar-refractivity contribution in [1.29, 1.82) is 0 Å². The zero-order chi connectivity index (χ0) is 19.4. The summed E-state index contributed by atoms with van der Waals surface area (Å²) in [6, 6.07) is 7.46. The predicted octanol–water partition coefficient (Wildman–Crippen LogP) is 3.28. The van der Waals surface area contributed by atoms with Crippen molar-refractivity contribution in [2.75, 3.05) is 13.7 Å². The summed E-state index contributed by atoms with van der Waals surface area (Å²) in [6.45, 7) is -0.234. The van der Waals surface area contributed by atoms with Crippen LogP contribution in [0.5, 0.6) is 0 Å². The Kier molecular flexibility index (Phi) is 6.01. The number of hydrogen-bond acceptors (Lipinski definition) is 5. The van der Waals surface area contributed by atoms with Crippen LogP contribution in [0.25, 0.3) is 10.1 Å². The average Bonchev–Trinajstić information content (AvgIpc) is 3.03. The summed E-state index contributed by atoms with van der Waals surface area (Å²) < 4.78 is 5.79. The van der Waals surface area contributed by atoms with E-state index in [4.69, 9.17) is 16.3 Å². The van der Waals surface area contributed by atoms with Gasteiger partial charge in [0.1, 0.15) is 10.4 Å². The first-order valence-corrected chi connectivity index (χ1v) is 10.0. The van der Waals surface area contributed by atoms with E-state index in [0.29, 0.717) is 22.7 Å². The number of carbonyl (C=O) groups excluding carboxylic acids is 3. The second-order valence-electron chi connectivity index (χ2n) is 6.61. The third kappa shape index (κ3) is 4.09. The van der Waals surface area contributed by atoms with Gasteiger partial charge in [-0.2, -0.15) is 0 Å². The largest absolute Gasteiger partial charge is 0.467 e. The first-order valence-electron chi connectivity index (χ1n) is 8.81. The fraction of sp³-hybridized carbons (Fsp3) is 0.421. The van der Waals surface area contributed by atoms with Crippen LogP contribution in [0.15, 0.2) is 24.3 Å². The van der Waals surface area contributed by atoms with Gasteiger partial charge < -0.3 is 15.4 Å². The van der Waals surface area contributed by atoms with Crippen LogP contribution in [0, 0.1) is 0 Å². The molecule has 1 aromatic carbocycles. The zero-order valence-corrected chi connectivity index (χ0v) is 16.5. The van der Waals surface area contributed by atoms with Crippen molar-refractivity contribution in [2.24, 2.45) is 0 Å². The number of rotatable bonds is 5. The molecule has 144 valence electrons. The molecule has 1 heterocycles. The Labute approximate surface area is 166 Å². The Bertz CT molecular complexity index is 874. The fourth-order valence-electron chi connectivity index (χ4n) is 3.44. The Morgan fingerprint density at radius 2 is 1.89 bits per heavy atom. The Hall–Kier alpha value is -2.12. The van der Waals surface area contributed by atoms with Crippen LogP contribution in [-0.2, 0) is 14.3 Å². The highest BCUT2D eigenvalue weighted by Crippen LogP contribution is 2.35. The number of benzene rings is 1. The van der Waals surface area contributed by atoms with Gasteiger partial charge in [-0.1, -0.05) is 49.1 Å². The second kappa shape index (κ2) is 8.27. The van der Waals surface area contributed by atoms with E-state index < -0.39 is 23.3 Å². The number of fused-ring (bicyclic) bond motifs is 1. The molecule has 1 aliphatic rings. The van der Waals surface area contributed by atoms with E-state index in [9.17, 15) is 14.4 Å². The quantitative estimate of drug-likeness (QED) is 0.743. The average molecular weight is 409 g/mol. The molecule has 0 aliphatic heterocycles. The molecule has 1 saturated carbocycles. The van der Waals surface area contributed by atoms with Crippen LogP contribution in [0.3, 0.4) is 0 Å². The smallest absolute Gasteiger partial charge is 0.331 e. The monoisotopic (exact) mass is 408 g/mol. The number of methoxy groups -OCH3 is 1. The molecule has 6 nitrogen and oxygen atoms in total. The Balaban J connectivity index is 1.64. The normalized spacial score (nSPS) is 15.9. The van der Waals surface area contributed by atoms with Crippen molar-refractivity contribution in [1.82, 2.24) is 10.6 Å². The van der Waals surface area contributed by atoms with Crippen LogP contribution in [0.1, 0.15) is 41.8 Å².